The van der Waals surface area contributed by atoms with Gasteiger partial charge in [-0.25, -0.2) is 15.0 Å². The number of halogens is 6. The molecule has 1 aliphatic rings. The monoisotopic (exact) mass is 970 g/mol. The lowest BCUT2D eigenvalue weighted by Gasteiger charge is -2.24. The molecule has 0 saturated carbocycles. The Hall–Kier alpha value is -8.55. The van der Waals surface area contributed by atoms with Gasteiger partial charge in [-0.2, -0.15) is 26.3 Å². The second kappa shape index (κ2) is 18.2. The molecule has 2 aromatic heterocycles. The van der Waals surface area contributed by atoms with E-state index in [1.807, 2.05) is 77.4 Å². The third-order valence-corrected chi connectivity index (χ3v) is 13.3. The first kappa shape index (κ1) is 46.8. The molecule has 4 nitrogen and oxygen atoms in total. The second-order valence-electron chi connectivity index (χ2n) is 18.8. The van der Waals surface area contributed by atoms with Crippen molar-refractivity contribution < 1.29 is 26.3 Å². The Morgan fingerprint density at radius 2 is 1.03 bits per heavy atom. The van der Waals surface area contributed by atoms with E-state index in [2.05, 4.69) is 88.4 Å². The average molecular weight is 971 g/mol. The molecule has 0 fully saturated rings. The van der Waals surface area contributed by atoms with Crippen molar-refractivity contribution in [3.63, 3.8) is 0 Å². The van der Waals surface area contributed by atoms with Crippen LogP contribution in [0.2, 0.25) is 0 Å². The van der Waals surface area contributed by atoms with Gasteiger partial charge in [-0.15, -0.1) is 0 Å². The summed E-state index contributed by atoms with van der Waals surface area (Å²) in [6.45, 7) is 8.24. The molecule has 10 aromatic rings. The minimum atomic E-state index is -4.76. The van der Waals surface area contributed by atoms with E-state index in [0.717, 1.165) is 85.4 Å². The predicted octanol–water partition coefficient (Wildman–Crippen LogP) is 17.2. The number of benzene rings is 7. The molecule has 0 unspecified atom stereocenters. The van der Waals surface area contributed by atoms with Crippen molar-refractivity contribution in [2.45, 2.75) is 52.9 Å². The molecule has 8 aromatic carbocycles. The van der Waals surface area contributed by atoms with Gasteiger partial charge in [0.05, 0.1) is 22.3 Å². The van der Waals surface area contributed by atoms with Crippen molar-refractivity contribution in [1.82, 2.24) is 19.5 Å². The Bertz CT molecular complexity index is 3630. The molecule has 0 saturated heterocycles. The highest BCUT2D eigenvalue weighted by Gasteiger charge is 2.34. The van der Waals surface area contributed by atoms with Gasteiger partial charge in [0.2, 0.25) is 0 Å². The van der Waals surface area contributed by atoms with Crippen molar-refractivity contribution in [3.05, 3.63) is 226 Å². The molecule has 0 atom stereocenters. The van der Waals surface area contributed by atoms with E-state index in [0.29, 0.717) is 57.9 Å². The fourth-order valence-electron chi connectivity index (χ4n) is 10.2. The molecule has 358 valence electrons. The molecule has 2 heterocycles. The topological polar surface area (TPSA) is 43.6 Å². The zero-order valence-electron chi connectivity index (χ0n) is 40.1. The standard InChI is InChI=1S/C63H44F6N4/c1-37-25-38(2)28-47(27-37)43-21-23-56-54(33-43)55-34-44(48-29-39(3)26-40(4)30-48)22-24-57(55)73(56)58-52(45-17-11-19-50(31-45)62(64,65)66)35-49(36-53(58)46-18-12-20-51(32-46)63(67,68)69)61-71-59(41-13-7-5-8-14-41)70-60(72-61)42-15-9-6-10-16-42/h5-11,13-17,19-21,23,25-36H,22,24H2,1-4H3. The summed E-state index contributed by atoms with van der Waals surface area (Å²) >= 11 is 0. The van der Waals surface area contributed by atoms with Crippen LogP contribution in [-0.4, -0.2) is 19.5 Å². The van der Waals surface area contributed by atoms with Crippen LogP contribution in [-0.2, 0) is 18.8 Å². The number of nitrogens with zero attached hydrogens (tertiary/aromatic N) is 4. The van der Waals surface area contributed by atoms with Crippen LogP contribution < -0.4 is 0 Å². The zero-order valence-corrected chi connectivity index (χ0v) is 40.1. The maximum Gasteiger partial charge on any atom is 0.417 e. The van der Waals surface area contributed by atoms with Gasteiger partial charge in [0, 0.05) is 56.1 Å². The van der Waals surface area contributed by atoms with Gasteiger partial charge >= 0.3 is 12.4 Å². The molecular weight excluding hydrogens is 927 g/mol. The number of hydrogen-bond donors (Lipinski definition) is 0. The summed E-state index contributed by atoms with van der Waals surface area (Å²) in [5.74, 6) is 0.806. The molecule has 0 bridgehead atoms. The van der Waals surface area contributed by atoms with Crippen molar-refractivity contribution in [2.24, 2.45) is 0 Å². The summed E-state index contributed by atoms with van der Waals surface area (Å²) in [6.07, 6.45) is -6.17. The van der Waals surface area contributed by atoms with Gasteiger partial charge in [0.1, 0.15) is 0 Å². The first-order chi connectivity index (χ1) is 35.0. The van der Waals surface area contributed by atoms with E-state index in [9.17, 15) is 26.3 Å². The van der Waals surface area contributed by atoms with E-state index in [1.54, 1.807) is 18.2 Å². The van der Waals surface area contributed by atoms with Crippen LogP contribution >= 0.6 is 0 Å². The Balaban J connectivity index is 1.28. The van der Waals surface area contributed by atoms with Crippen LogP contribution in [0, 0.1) is 39.8 Å². The van der Waals surface area contributed by atoms with Gasteiger partial charge in [-0.05, 0) is 117 Å². The minimum absolute atomic E-state index is 0.0188. The lowest BCUT2D eigenvalue weighted by Crippen LogP contribution is -2.10. The number of rotatable bonds is 8. The van der Waals surface area contributed by atoms with Crippen LogP contribution in [0.15, 0.2) is 164 Å². The van der Waals surface area contributed by atoms with E-state index >= 15 is 0 Å². The van der Waals surface area contributed by atoms with Crippen molar-refractivity contribution in [2.75, 3.05) is 0 Å². The number of fused-ring (bicyclic) bond motifs is 3. The van der Waals surface area contributed by atoms with Crippen LogP contribution in [0.5, 0.6) is 0 Å². The summed E-state index contributed by atoms with van der Waals surface area (Å²) in [7, 11) is 0. The largest absolute Gasteiger partial charge is 0.417 e. The third kappa shape index (κ3) is 9.19. The van der Waals surface area contributed by atoms with Gasteiger partial charge in [0.25, 0.3) is 0 Å². The molecule has 0 amide bonds. The molecule has 0 aliphatic heterocycles. The van der Waals surface area contributed by atoms with E-state index in [4.69, 9.17) is 15.0 Å². The molecule has 11 rings (SSSR count). The fourth-order valence-corrected chi connectivity index (χ4v) is 10.2. The maximum absolute atomic E-state index is 14.8. The summed E-state index contributed by atoms with van der Waals surface area (Å²) in [5.41, 5.74) is 12.0. The SMILES string of the molecule is Cc1cc(C)cc(C2=Cc3c(n(-c4c(-c5c#ccc(C(F)(F)F)c5)cc(-c5nc(-c6ccccc6)nc(-c6ccccc6)n5)cc4-c4cccc(C(F)(F)F)c4)c4ccc(-c5cc(C)cc(C)c5)cc34)CC2)c1. The summed E-state index contributed by atoms with van der Waals surface area (Å²) in [6, 6.07) is 53.6. The Morgan fingerprint density at radius 3 is 1.63 bits per heavy atom. The first-order valence-corrected chi connectivity index (χ1v) is 23.8. The van der Waals surface area contributed by atoms with Crippen LogP contribution in [0.4, 0.5) is 26.3 Å². The van der Waals surface area contributed by atoms with Gasteiger partial charge in [-0.1, -0.05) is 150 Å². The lowest BCUT2D eigenvalue weighted by molar-refractivity contribution is -0.138. The van der Waals surface area contributed by atoms with Crippen LogP contribution in [0.1, 0.15) is 56.6 Å². The normalized spacial score (nSPS) is 12.7. The Morgan fingerprint density at radius 1 is 0.466 bits per heavy atom. The van der Waals surface area contributed by atoms with Gasteiger partial charge in [0.15, 0.2) is 17.5 Å². The molecule has 73 heavy (non-hydrogen) atoms. The molecule has 0 spiro atoms. The molecular formula is C63H44F6N4. The molecule has 1 aliphatic carbocycles. The number of aromatic nitrogens is 4. The fraction of sp³-hybridized carbons (Fsp3) is 0.127. The first-order valence-electron chi connectivity index (χ1n) is 23.8. The quantitative estimate of drug-likeness (QED) is 0.143. The van der Waals surface area contributed by atoms with Crippen LogP contribution in [0.3, 0.4) is 0 Å². The van der Waals surface area contributed by atoms with Crippen molar-refractivity contribution in [1.29, 1.82) is 0 Å². The van der Waals surface area contributed by atoms with E-state index < -0.39 is 23.5 Å². The number of alkyl halides is 6. The van der Waals surface area contributed by atoms with Gasteiger partial charge < -0.3 is 4.57 Å². The minimum Gasteiger partial charge on any atom is -0.312 e. The van der Waals surface area contributed by atoms with E-state index in [-0.39, 0.29) is 22.5 Å². The highest BCUT2D eigenvalue weighted by molar-refractivity contribution is 6.03. The summed E-state index contributed by atoms with van der Waals surface area (Å²) in [5, 5.41) is 0.871. The number of aryl methyl sites for hydroxylation is 4. The van der Waals surface area contributed by atoms with Crippen molar-refractivity contribution in [3.8, 4) is 73.2 Å². The Kier molecular flexibility index (Phi) is 11.7. The number of allylic oxidation sites excluding steroid dienone is 1. The predicted molar refractivity (Wildman–Crippen MR) is 279 cm³/mol. The van der Waals surface area contributed by atoms with Crippen LogP contribution in [0.25, 0.3) is 95.8 Å². The highest BCUT2D eigenvalue weighted by Crippen LogP contribution is 2.47. The summed E-state index contributed by atoms with van der Waals surface area (Å²) in [4.78, 5) is 14.8. The highest BCUT2D eigenvalue weighted by atomic mass is 19.4. The van der Waals surface area contributed by atoms with Crippen molar-refractivity contribution >= 4 is 22.6 Å². The number of hydrogen-bond acceptors (Lipinski definition) is 3. The molecule has 0 radical (unpaired) electrons. The van der Waals surface area contributed by atoms with E-state index in [1.165, 1.54) is 6.07 Å². The average Bonchev–Trinajstić information content (AvgIpc) is 3.70. The third-order valence-electron chi connectivity index (χ3n) is 13.3. The lowest BCUT2D eigenvalue weighted by atomic mass is 9.89. The smallest absolute Gasteiger partial charge is 0.312 e. The second-order valence-corrected chi connectivity index (χ2v) is 18.8. The van der Waals surface area contributed by atoms with Gasteiger partial charge in [-0.3, -0.25) is 0 Å². The zero-order chi connectivity index (χ0) is 50.8. The molecule has 0 N–H and O–H groups in total. The Labute approximate surface area is 419 Å². The summed E-state index contributed by atoms with van der Waals surface area (Å²) < 4.78 is 91.0. The molecule has 10 heteroatoms. The maximum atomic E-state index is 14.8.